The Kier molecular flexibility index (Phi) is 4.55. The molecule has 1 amide bonds. The first kappa shape index (κ1) is 13.6. The van der Waals surface area contributed by atoms with E-state index in [-0.39, 0.29) is 17.2 Å². The fourth-order valence-electron chi connectivity index (χ4n) is 2.39. The van der Waals surface area contributed by atoms with Crippen LogP contribution in [0.3, 0.4) is 0 Å². The SMILES string of the molecule is Cc1cccc(C(=O)NN=CC2CCCCC2)c1O. The molecule has 0 radical (unpaired) electrons. The van der Waals surface area contributed by atoms with Gasteiger partial charge in [-0.25, -0.2) is 5.43 Å². The zero-order chi connectivity index (χ0) is 13.7. The van der Waals surface area contributed by atoms with Crippen LogP contribution >= 0.6 is 0 Å². The highest BCUT2D eigenvalue weighted by atomic mass is 16.3. The largest absolute Gasteiger partial charge is 0.507 e. The van der Waals surface area contributed by atoms with Crippen LogP contribution in [0.2, 0.25) is 0 Å². The Morgan fingerprint density at radius 1 is 1.37 bits per heavy atom. The smallest absolute Gasteiger partial charge is 0.275 e. The van der Waals surface area contributed by atoms with Crippen LogP contribution in [0.1, 0.15) is 48.0 Å². The van der Waals surface area contributed by atoms with E-state index in [9.17, 15) is 9.90 Å². The lowest BCUT2D eigenvalue weighted by atomic mass is 9.90. The molecule has 4 nitrogen and oxygen atoms in total. The highest BCUT2D eigenvalue weighted by Gasteiger charge is 2.13. The number of carbonyl (C=O) groups is 1. The van der Waals surface area contributed by atoms with Gasteiger partial charge in [-0.15, -0.1) is 0 Å². The predicted molar refractivity (Wildman–Crippen MR) is 75.4 cm³/mol. The number of hydrazone groups is 1. The number of hydrogen-bond acceptors (Lipinski definition) is 3. The van der Waals surface area contributed by atoms with Crippen molar-refractivity contribution in [1.29, 1.82) is 0 Å². The van der Waals surface area contributed by atoms with Gasteiger partial charge in [0.25, 0.3) is 5.91 Å². The summed E-state index contributed by atoms with van der Waals surface area (Å²) in [5.74, 6) is 0.126. The molecule has 0 aromatic heterocycles. The van der Waals surface area contributed by atoms with Gasteiger partial charge in [0.2, 0.25) is 0 Å². The third-order valence-corrected chi connectivity index (χ3v) is 3.58. The van der Waals surface area contributed by atoms with E-state index in [1.165, 1.54) is 19.3 Å². The van der Waals surface area contributed by atoms with Crippen LogP contribution in [-0.2, 0) is 0 Å². The van der Waals surface area contributed by atoms with Crippen LogP contribution in [0.15, 0.2) is 23.3 Å². The first-order chi connectivity index (χ1) is 9.18. The number of phenolic OH excluding ortho intramolecular Hbond substituents is 1. The molecule has 2 rings (SSSR count). The summed E-state index contributed by atoms with van der Waals surface area (Å²) in [4.78, 5) is 11.9. The Labute approximate surface area is 113 Å². The molecule has 0 heterocycles. The highest BCUT2D eigenvalue weighted by molar-refractivity contribution is 5.97. The van der Waals surface area contributed by atoms with E-state index in [0.29, 0.717) is 11.5 Å². The third kappa shape index (κ3) is 3.56. The summed E-state index contributed by atoms with van der Waals surface area (Å²) < 4.78 is 0. The van der Waals surface area contributed by atoms with Gasteiger partial charge in [-0.3, -0.25) is 4.79 Å². The number of aromatic hydroxyl groups is 1. The number of nitrogens with zero attached hydrogens (tertiary/aromatic N) is 1. The molecule has 0 aliphatic heterocycles. The van der Waals surface area contributed by atoms with Crippen molar-refractivity contribution < 1.29 is 9.90 Å². The van der Waals surface area contributed by atoms with Crippen molar-refractivity contribution in [2.75, 3.05) is 0 Å². The zero-order valence-corrected chi connectivity index (χ0v) is 11.2. The molecule has 1 aliphatic rings. The van der Waals surface area contributed by atoms with Gasteiger partial charge in [0.05, 0.1) is 5.56 Å². The molecule has 0 unspecified atom stereocenters. The topological polar surface area (TPSA) is 61.7 Å². The number of benzene rings is 1. The van der Waals surface area contributed by atoms with Crippen molar-refractivity contribution >= 4 is 12.1 Å². The molecule has 102 valence electrons. The fourth-order valence-corrected chi connectivity index (χ4v) is 2.39. The van der Waals surface area contributed by atoms with Crippen LogP contribution in [-0.4, -0.2) is 17.2 Å². The molecule has 1 saturated carbocycles. The van der Waals surface area contributed by atoms with Crippen molar-refractivity contribution in [3.63, 3.8) is 0 Å². The van der Waals surface area contributed by atoms with Gasteiger partial charge in [-0.1, -0.05) is 31.4 Å². The standard InChI is InChI=1S/C15H20N2O2/c1-11-6-5-9-13(14(11)18)15(19)17-16-10-12-7-3-2-4-8-12/h5-6,9-10,12,18H,2-4,7-8H2,1H3,(H,17,19). The van der Waals surface area contributed by atoms with E-state index >= 15 is 0 Å². The van der Waals surface area contributed by atoms with Gasteiger partial charge >= 0.3 is 0 Å². The minimum absolute atomic E-state index is 0.0212. The number of phenols is 1. The van der Waals surface area contributed by atoms with Gasteiger partial charge in [0.1, 0.15) is 5.75 Å². The molecule has 0 bridgehead atoms. The molecule has 19 heavy (non-hydrogen) atoms. The Morgan fingerprint density at radius 2 is 2.11 bits per heavy atom. The van der Waals surface area contributed by atoms with Gasteiger partial charge in [-0.2, -0.15) is 5.10 Å². The summed E-state index contributed by atoms with van der Waals surface area (Å²) in [6.07, 6.45) is 7.90. The lowest BCUT2D eigenvalue weighted by molar-refractivity contribution is 0.0952. The first-order valence-electron chi connectivity index (χ1n) is 6.80. The average molecular weight is 260 g/mol. The van der Waals surface area contributed by atoms with E-state index in [0.717, 1.165) is 12.8 Å². The number of nitrogens with one attached hydrogen (secondary N) is 1. The molecule has 0 atom stereocenters. The lowest BCUT2D eigenvalue weighted by Gasteiger charge is -2.16. The average Bonchev–Trinajstić information content (AvgIpc) is 2.43. The molecular weight excluding hydrogens is 240 g/mol. The molecule has 2 N–H and O–H groups in total. The summed E-state index contributed by atoms with van der Waals surface area (Å²) >= 11 is 0. The summed E-state index contributed by atoms with van der Waals surface area (Å²) in [5, 5.41) is 13.8. The Bertz CT molecular complexity index is 477. The molecule has 0 saturated heterocycles. The Hall–Kier alpha value is -1.84. The molecule has 0 spiro atoms. The third-order valence-electron chi connectivity index (χ3n) is 3.58. The lowest BCUT2D eigenvalue weighted by Crippen LogP contribution is -2.19. The molecule has 1 aromatic rings. The zero-order valence-electron chi connectivity index (χ0n) is 11.2. The van der Waals surface area contributed by atoms with Gasteiger partial charge in [0.15, 0.2) is 0 Å². The maximum Gasteiger partial charge on any atom is 0.275 e. The van der Waals surface area contributed by atoms with E-state index in [2.05, 4.69) is 10.5 Å². The number of carbonyl (C=O) groups excluding carboxylic acids is 1. The number of para-hydroxylation sites is 1. The maximum atomic E-state index is 11.9. The van der Waals surface area contributed by atoms with Crippen LogP contribution in [0.25, 0.3) is 0 Å². The van der Waals surface area contributed by atoms with Crippen molar-refractivity contribution in [2.45, 2.75) is 39.0 Å². The molecule has 1 fully saturated rings. The van der Waals surface area contributed by atoms with Crippen molar-refractivity contribution in [1.82, 2.24) is 5.43 Å². The normalized spacial score (nSPS) is 16.7. The quantitative estimate of drug-likeness (QED) is 0.648. The predicted octanol–water partition coefficient (Wildman–Crippen LogP) is 3.00. The molecular formula is C15H20N2O2. The fraction of sp³-hybridized carbons (Fsp3) is 0.467. The summed E-state index contributed by atoms with van der Waals surface area (Å²) in [6, 6.07) is 5.10. The molecule has 1 aliphatic carbocycles. The summed E-state index contributed by atoms with van der Waals surface area (Å²) in [7, 11) is 0. The Balaban J connectivity index is 1.93. The minimum Gasteiger partial charge on any atom is -0.507 e. The van der Waals surface area contributed by atoms with Gasteiger partial charge < -0.3 is 5.11 Å². The Morgan fingerprint density at radius 3 is 2.84 bits per heavy atom. The number of aryl methyl sites for hydroxylation is 1. The van der Waals surface area contributed by atoms with Gasteiger partial charge in [0, 0.05) is 6.21 Å². The maximum absolute atomic E-state index is 11.9. The highest BCUT2D eigenvalue weighted by Crippen LogP contribution is 2.22. The number of hydrogen-bond donors (Lipinski definition) is 2. The molecule has 1 aromatic carbocycles. The second-order valence-electron chi connectivity index (χ2n) is 5.09. The number of amides is 1. The van der Waals surface area contributed by atoms with Crippen LogP contribution in [0.5, 0.6) is 5.75 Å². The van der Waals surface area contributed by atoms with Crippen molar-refractivity contribution in [2.24, 2.45) is 11.0 Å². The van der Waals surface area contributed by atoms with Crippen LogP contribution in [0, 0.1) is 12.8 Å². The van der Waals surface area contributed by atoms with E-state index in [4.69, 9.17) is 0 Å². The van der Waals surface area contributed by atoms with Crippen LogP contribution < -0.4 is 5.43 Å². The van der Waals surface area contributed by atoms with Crippen LogP contribution in [0.4, 0.5) is 0 Å². The number of rotatable bonds is 3. The van der Waals surface area contributed by atoms with E-state index in [1.807, 2.05) is 6.21 Å². The van der Waals surface area contributed by atoms with Crippen molar-refractivity contribution in [3.05, 3.63) is 29.3 Å². The summed E-state index contributed by atoms with van der Waals surface area (Å²) in [6.45, 7) is 1.76. The van der Waals surface area contributed by atoms with Gasteiger partial charge in [-0.05, 0) is 37.3 Å². The molecule has 4 heteroatoms. The first-order valence-corrected chi connectivity index (χ1v) is 6.80. The minimum atomic E-state index is -0.367. The van der Waals surface area contributed by atoms with E-state index in [1.54, 1.807) is 25.1 Å². The summed E-state index contributed by atoms with van der Waals surface area (Å²) in [5.41, 5.74) is 3.43. The van der Waals surface area contributed by atoms with E-state index < -0.39 is 0 Å². The monoisotopic (exact) mass is 260 g/mol. The second-order valence-corrected chi connectivity index (χ2v) is 5.09. The van der Waals surface area contributed by atoms with Crippen molar-refractivity contribution in [3.8, 4) is 5.75 Å². The second kappa shape index (κ2) is 6.36.